The van der Waals surface area contributed by atoms with E-state index in [2.05, 4.69) is 0 Å². The predicted molar refractivity (Wildman–Crippen MR) is 38.5 cm³/mol. The molecule has 0 saturated carbocycles. The first-order valence-corrected chi connectivity index (χ1v) is 4.57. The van der Waals surface area contributed by atoms with E-state index in [1.807, 2.05) is 0 Å². The van der Waals surface area contributed by atoms with Crippen molar-refractivity contribution in [3.05, 3.63) is 0 Å². The van der Waals surface area contributed by atoms with Crippen molar-refractivity contribution in [2.45, 2.75) is 30.9 Å². The van der Waals surface area contributed by atoms with E-state index in [1.54, 1.807) is 0 Å². The summed E-state index contributed by atoms with van der Waals surface area (Å²) in [5, 5.41) is -1.02. The fraction of sp³-hybridized carbons (Fsp3) is 1.00. The molecule has 1 rings (SSSR count). The van der Waals surface area contributed by atoms with Crippen LogP contribution in [0.15, 0.2) is 0 Å². The SMILES string of the molecule is FC(F)C1([SiH3])CCCCO1. The number of halogens is 2. The first-order chi connectivity index (χ1) is 4.65. The molecule has 0 spiro atoms. The number of rotatable bonds is 1. The quantitative estimate of drug-likeness (QED) is 0.516. The Balaban J connectivity index is 2.48. The summed E-state index contributed by atoms with van der Waals surface area (Å²) in [7, 11) is 0.442. The zero-order valence-electron chi connectivity index (χ0n) is 6.07. The van der Waals surface area contributed by atoms with Gasteiger partial charge in [-0.15, -0.1) is 0 Å². The molecule has 0 radical (unpaired) electrons. The van der Waals surface area contributed by atoms with Gasteiger partial charge in [0.2, 0.25) is 0 Å². The Labute approximate surface area is 62.2 Å². The van der Waals surface area contributed by atoms with Gasteiger partial charge in [0.1, 0.15) is 5.22 Å². The number of ether oxygens (including phenoxy) is 1. The van der Waals surface area contributed by atoms with Gasteiger partial charge in [-0.05, 0) is 19.3 Å². The van der Waals surface area contributed by atoms with Crippen LogP contribution in [0.25, 0.3) is 0 Å². The molecule has 0 bridgehead atoms. The van der Waals surface area contributed by atoms with Crippen LogP contribution in [0.4, 0.5) is 8.78 Å². The minimum Gasteiger partial charge on any atom is -0.374 e. The topological polar surface area (TPSA) is 9.23 Å². The second-order valence-electron chi connectivity index (χ2n) is 2.92. The Hall–Kier alpha value is 0.0369. The summed E-state index contributed by atoms with van der Waals surface area (Å²) < 4.78 is 29.5. The minimum absolute atomic E-state index is 0.442. The van der Waals surface area contributed by atoms with E-state index in [9.17, 15) is 8.78 Å². The normalized spacial score (nSPS) is 35.1. The highest BCUT2D eigenvalue weighted by atomic mass is 28.1. The molecule has 0 aromatic rings. The molecule has 1 saturated heterocycles. The van der Waals surface area contributed by atoms with Crippen LogP contribution in [0.3, 0.4) is 0 Å². The van der Waals surface area contributed by atoms with Crippen molar-refractivity contribution >= 4 is 10.2 Å². The van der Waals surface area contributed by atoms with E-state index < -0.39 is 11.6 Å². The van der Waals surface area contributed by atoms with Gasteiger partial charge in [-0.2, -0.15) is 0 Å². The summed E-state index contributed by atoms with van der Waals surface area (Å²) in [6.07, 6.45) is 0.112. The minimum atomic E-state index is -2.28. The van der Waals surface area contributed by atoms with Gasteiger partial charge in [0.05, 0.1) is 10.2 Å². The molecule has 0 aliphatic carbocycles. The molecule has 1 nitrogen and oxygen atoms in total. The molecule has 1 heterocycles. The fourth-order valence-corrected chi connectivity index (χ4v) is 1.69. The highest BCUT2D eigenvalue weighted by Crippen LogP contribution is 2.27. The third-order valence-corrected chi connectivity index (χ3v) is 3.19. The number of alkyl halides is 2. The Morgan fingerprint density at radius 1 is 1.40 bits per heavy atom. The van der Waals surface area contributed by atoms with Gasteiger partial charge >= 0.3 is 0 Å². The van der Waals surface area contributed by atoms with E-state index in [0.717, 1.165) is 12.8 Å². The van der Waals surface area contributed by atoms with Crippen molar-refractivity contribution < 1.29 is 13.5 Å². The van der Waals surface area contributed by atoms with Gasteiger partial charge in [0, 0.05) is 6.61 Å². The lowest BCUT2D eigenvalue weighted by Crippen LogP contribution is -2.43. The van der Waals surface area contributed by atoms with Crippen molar-refractivity contribution in [1.82, 2.24) is 0 Å². The molecule has 0 amide bonds. The van der Waals surface area contributed by atoms with Crippen molar-refractivity contribution in [3.8, 4) is 0 Å². The van der Waals surface area contributed by atoms with Gasteiger partial charge in [-0.25, -0.2) is 8.78 Å². The molecule has 1 aliphatic heterocycles. The van der Waals surface area contributed by atoms with Crippen molar-refractivity contribution in [2.75, 3.05) is 6.61 Å². The summed E-state index contributed by atoms with van der Waals surface area (Å²) in [5.41, 5.74) is 0. The summed E-state index contributed by atoms with van der Waals surface area (Å²) in [6, 6.07) is 0. The largest absolute Gasteiger partial charge is 0.374 e. The van der Waals surface area contributed by atoms with Crippen molar-refractivity contribution in [1.29, 1.82) is 0 Å². The lowest BCUT2D eigenvalue weighted by atomic mass is 10.1. The Morgan fingerprint density at radius 3 is 2.40 bits per heavy atom. The molecule has 0 N–H and O–H groups in total. The highest BCUT2D eigenvalue weighted by molar-refractivity contribution is 6.14. The van der Waals surface area contributed by atoms with Gasteiger partial charge in [-0.3, -0.25) is 0 Å². The first-order valence-electron chi connectivity index (χ1n) is 3.57. The van der Waals surface area contributed by atoms with E-state index in [0.29, 0.717) is 23.3 Å². The third kappa shape index (κ3) is 1.55. The average Bonchev–Trinajstić information content (AvgIpc) is 1.89. The summed E-state index contributed by atoms with van der Waals surface area (Å²) in [6.45, 7) is 0.522. The monoisotopic (exact) mass is 166 g/mol. The van der Waals surface area contributed by atoms with Gasteiger partial charge in [0.15, 0.2) is 0 Å². The molecule has 1 unspecified atom stereocenters. The maximum absolute atomic E-state index is 12.2. The van der Waals surface area contributed by atoms with Crippen LogP contribution in [0.1, 0.15) is 19.3 Å². The van der Waals surface area contributed by atoms with Crippen LogP contribution in [0.2, 0.25) is 0 Å². The molecule has 4 heteroatoms. The standard InChI is InChI=1S/C6H12F2OSi/c7-5(8)6(10)3-1-2-4-9-6/h5H,1-4H2,10H3. The molecular weight excluding hydrogens is 154 g/mol. The van der Waals surface area contributed by atoms with Crippen molar-refractivity contribution in [3.63, 3.8) is 0 Å². The van der Waals surface area contributed by atoms with Crippen molar-refractivity contribution in [2.24, 2.45) is 0 Å². The second kappa shape index (κ2) is 2.96. The van der Waals surface area contributed by atoms with E-state index in [4.69, 9.17) is 4.74 Å². The molecule has 1 atom stereocenters. The van der Waals surface area contributed by atoms with Crippen LogP contribution < -0.4 is 0 Å². The van der Waals surface area contributed by atoms with Crippen LogP contribution in [0.5, 0.6) is 0 Å². The van der Waals surface area contributed by atoms with Gasteiger partial charge in [0.25, 0.3) is 6.43 Å². The highest BCUT2D eigenvalue weighted by Gasteiger charge is 2.36. The van der Waals surface area contributed by atoms with Gasteiger partial charge < -0.3 is 4.74 Å². The average molecular weight is 166 g/mol. The predicted octanol–water partition coefficient (Wildman–Crippen LogP) is 0.514. The lowest BCUT2D eigenvalue weighted by molar-refractivity contribution is -0.109. The van der Waals surface area contributed by atoms with Crippen LogP contribution in [-0.4, -0.2) is 28.5 Å². The number of hydrogen-bond donors (Lipinski definition) is 0. The zero-order chi connectivity index (χ0) is 7.61. The Morgan fingerprint density at radius 2 is 2.10 bits per heavy atom. The fourth-order valence-electron chi connectivity index (χ4n) is 1.13. The molecule has 0 aromatic heterocycles. The summed E-state index contributed by atoms with van der Waals surface area (Å²) in [5.74, 6) is 0. The maximum atomic E-state index is 12.2. The third-order valence-electron chi connectivity index (χ3n) is 1.96. The zero-order valence-corrected chi connectivity index (χ0v) is 8.07. The van der Waals surface area contributed by atoms with Crippen LogP contribution in [0, 0.1) is 0 Å². The van der Waals surface area contributed by atoms with Gasteiger partial charge in [-0.1, -0.05) is 0 Å². The second-order valence-corrected chi connectivity index (χ2v) is 4.61. The van der Waals surface area contributed by atoms with E-state index >= 15 is 0 Å². The summed E-state index contributed by atoms with van der Waals surface area (Å²) >= 11 is 0. The van der Waals surface area contributed by atoms with E-state index in [-0.39, 0.29) is 0 Å². The number of hydrogen-bond acceptors (Lipinski definition) is 1. The molecule has 10 heavy (non-hydrogen) atoms. The molecular formula is C6H12F2OSi. The molecule has 0 aromatic carbocycles. The lowest BCUT2D eigenvalue weighted by Gasteiger charge is -2.32. The van der Waals surface area contributed by atoms with Crippen LogP contribution >= 0.6 is 0 Å². The molecule has 1 aliphatic rings. The van der Waals surface area contributed by atoms with Crippen LogP contribution in [-0.2, 0) is 4.74 Å². The Kier molecular flexibility index (Phi) is 2.41. The molecule has 1 fully saturated rings. The Bertz CT molecular complexity index is 112. The maximum Gasteiger partial charge on any atom is 0.263 e. The smallest absolute Gasteiger partial charge is 0.263 e. The molecule has 60 valence electrons. The summed E-state index contributed by atoms with van der Waals surface area (Å²) in [4.78, 5) is 0. The first kappa shape index (κ1) is 8.14. The van der Waals surface area contributed by atoms with E-state index in [1.165, 1.54) is 0 Å².